The van der Waals surface area contributed by atoms with E-state index < -0.39 is 4.92 Å². The fourth-order valence-electron chi connectivity index (χ4n) is 1.28. The average molecular weight is 266 g/mol. The molecule has 2 rings (SSSR count). The van der Waals surface area contributed by atoms with Crippen LogP contribution in [-0.2, 0) is 0 Å². The Balaban J connectivity index is 2.31. The van der Waals surface area contributed by atoms with E-state index in [1.54, 1.807) is 13.0 Å². The predicted octanol–water partition coefficient (Wildman–Crippen LogP) is 3.14. The molecule has 6 nitrogen and oxygen atoms in total. The maximum Gasteiger partial charge on any atom is 0.273 e. The molecule has 1 heterocycles. The highest BCUT2D eigenvalue weighted by Crippen LogP contribution is 2.26. The summed E-state index contributed by atoms with van der Waals surface area (Å²) in [7, 11) is 0. The predicted molar refractivity (Wildman–Crippen MR) is 64.9 cm³/mol. The van der Waals surface area contributed by atoms with Crippen molar-refractivity contribution in [3.8, 4) is 11.6 Å². The molecule has 0 aliphatic carbocycles. The average Bonchev–Trinajstić information content (AvgIpc) is 2.34. The van der Waals surface area contributed by atoms with Crippen LogP contribution in [0.15, 0.2) is 30.5 Å². The van der Waals surface area contributed by atoms with E-state index in [4.69, 9.17) is 16.3 Å². The molecule has 0 N–H and O–H groups in total. The number of rotatable bonds is 3. The molecule has 0 atom stereocenters. The third-order valence-corrected chi connectivity index (χ3v) is 2.32. The van der Waals surface area contributed by atoms with E-state index in [9.17, 15) is 10.1 Å². The van der Waals surface area contributed by atoms with Gasteiger partial charge in [-0.05, 0) is 24.6 Å². The largest absolute Gasteiger partial charge is 0.438 e. The minimum absolute atomic E-state index is 0.0506. The van der Waals surface area contributed by atoms with Gasteiger partial charge in [0.15, 0.2) is 0 Å². The quantitative estimate of drug-likeness (QED) is 0.484. The van der Waals surface area contributed by atoms with Crippen molar-refractivity contribution in [3.63, 3.8) is 0 Å². The molecular formula is C11H8ClN3O3. The lowest BCUT2D eigenvalue weighted by Gasteiger charge is -2.06. The second-order valence-corrected chi connectivity index (χ2v) is 3.82. The lowest BCUT2D eigenvalue weighted by atomic mass is 10.3. The van der Waals surface area contributed by atoms with Crippen molar-refractivity contribution in [2.24, 2.45) is 0 Å². The molecule has 0 amide bonds. The third-order valence-electron chi connectivity index (χ3n) is 2.14. The molecule has 7 heteroatoms. The van der Waals surface area contributed by atoms with Gasteiger partial charge in [-0.2, -0.15) is 4.98 Å². The van der Waals surface area contributed by atoms with Crippen molar-refractivity contribution in [1.29, 1.82) is 0 Å². The molecule has 0 spiro atoms. The second-order valence-electron chi connectivity index (χ2n) is 3.48. The number of ether oxygens (including phenoxy) is 1. The number of nitro benzene ring substituents is 1. The van der Waals surface area contributed by atoms with E-state index >= 15 is 0 Å². The number of non-ortho nitro benzene ring substituents is 1. The van der Waals surface area contributed by atoms with Gasteiger partial charge >= 0.3 is 0 Å². The second kappa shape index (κ2) is 4.97. The van der Waals surface area contributed by atoms with Gasteiger partial charge in [-0.15, -0.1) is 0 Å². The standard InChI is InChI=1S/C11H8ClN3O3/c1-7-6-13-11(12)14-10(7)18-9-4-2-3-8(5-9)15(16)17/h2-6H,1H3. The van der Waals surface area contributed by atoms with E-state index in [2.05, 4.69) is 9.97 Å². The molecular weight excluding hydrogens is 258 g/mol. The zero-order valence-electron chi connectivity index (χ0n) is 9.33. The number of hydrogen-bond acceptors (Lipinski definition) is 5. The Bertz CT molecular complexity index is 604. The zero-order chi connectivity index (χ0) is 13.1. The Morgan fingerprint density at radius 2 is 2.22 bits per heavy atom. The Labute approximate surface area is 107 Å². The van der Waals surface area contributed by atoms with Crippen LogP contribution >= 0.6 is 11.6 Å². The van der Waals surface area contributed by atoms with Crippen LogP contribution in [0.5, 0.6) is 11.6 Å². The molecule has 0 fully saturated rings. The van der Waals surface area contributed by atoms with Gasteiger partial charge in [-0.1, -0.05) is 6.07 Å². The molecule has 0 saturated carbocycles. The molecule has 1 aromatic carbocycles. The first-order chi connectivity index (χ1) is 8.56. The SMILES string of the molecule is Cc1cnc(Cl)nc1Oc1cccc([N+](=O)[O-])c1. The summed E-state index contributed by atoms with van der Waals surface area (Å²) in [5.74, 6) is 0.595. The lowest BCUT2D eigenvalue weighted by molar-refractivity contribution is -0.384. The molecule has 0 radical (unpaired) electrons. The molecule has 0 aliphatic heterocycles. The fraction of sp³-hybridized carbons (Fsp3) is 0.0909. The van der Waals surface area contributed by atoms with Crippen LogP contribution in [0.1, 0.15) is 5.56 Å². The van der Waals surface area contributed by atoms with Crippen LogP contribution in [0.2, 0.25) is 5.28 Å². The van der Waals surface area contributed by atoms with Crippen molar-refractivity contribution in [1.82, 2.24) is 9.97 Å². The zero-order valence-corrected chi connectivity index (χ0v) is 10.1. The van der Waals surface area contributed by atoms with Gasteiger partial charge < -0.3 is 4.74 Å². The van der Waals surface area contributed by atoms with Crippen LogP contribution in [0, 0.1) is 17.0 Å². The molecule has 0 saturated heterocycles. The summed E-state index contributed by atoms with van der Waals surface area (Å²) in [5.41, 5.74) is 0.635. The third kappa shape index (κ3) is 2.72. The summed E-state index contributed by atoms with van der Waals surface area (Å²) in [5, 5.41) is 10.7. The van der Waals surface area contributed by atoms with Gasteiger partial charge in [-0.3, -0.25) is 10.1 Å². The minimum atomic E-state index is -0.493. The number of nitro groups is 1. The van der Waals surface area contributed by atoms with Gasteiger partial charge in [0.2, 0.25) is 11.2 Å². The van der Waals surface area contributed by atoms with Crippen molar-refractivity contribution in [2.45, 2.75) is 6.92 Å². The van der Waals surface area contributed by atoms with Crippen LogP contribution in [-0.4, -0.2) is 14.9 Å². The van der Waals surface area contributed by atoms with Crippen LogP contribution in [0.25, 0.3) is 0 Å². The molecule has 18 heavy (non-hydrogen) atoms. The lowest BCUT2D eigenvalue weighted by Crippen LogP contribution is -1.94. The first kappa shape index (κ1) is 12.3. The Morgan fingerprint density at radius 1 is 1.44 bits per heavy atom. The number of nitrogens with zero attached hydrogens (tertiary/aromatic N) is 3. The van der Waals surface area contributed by atoms with Gasteiger partial charge in [0, 0.05) is 17.8 Å². The summed E-state index contributed by atoms with van der Waals surface area (Å²) < 4.78 is 5.44. The van der Waals surface area contributed by atoms with Gasteiger partial charge in [0.05, 0.1) is 11.0 Å². The normalized spacial score (nSPS) is 10.1. The Morgan fingerprint density at radius 3 is 2.94 bits per heavy atom. The van der Waals surface area contributed by atoms with Crippen molar-refractivity contribution < 1.29 is 9.66 Å². The summed E-state index contributed by atoms with van der Waals surface area (Å²) in [4.78, 5) is 17.8. The summed E-state index contributed by atoms with van der Waals surface area (Å²) in [6.45, 7) is 1.75. The summed E-state index contributed by atoms with van der Waals surface area (Å²) >= 11 is 5.65. The van der Waals surface area contributed by atoms with Gasteiger partial charge in [-0.25, -0.2) is 4.98 Å². The van der Waals surface area contributed by atoms with Crippen molar-refractivity contribution in [3.05, 3.63) is 51.4 Å². The van der Waals surface area contributed by atoms with E-state index in [1.807, 2.05) is 0 Å². The van der Waals surface area contributed by atoms with E-state index in [1.165, 1.54) is 24.4 Å². The highest BCUT2D eigenvalue weighted by Gasteiger charge is 2.09. The Hall–Kier alpha value is -2.21. The molecule has 0 aliphatic rings. The monoisotopic (exact) mass is 265 g/mol. The number of halogens is 1. The van der Waals surface area contributed by atoms with Crippen LogP contribution in [0.3, 0.4) is 0 Å². The molecule has 0 unspecified atom stereocenters. The fourth-order valence-corrected chi connectivity index (χ4v) is 1.41. The smallest absolute Gasteiger partial charge is 0.273 e. The Kier molecular flexibility index (Phi) is 3.38. The first-order valence-corrected chi connectivity index (χ1v) is 5.35. The number of aromatic nitrogens is 2. The van der Waals surface area contributed by atoms with Crippen molar-refractivity contribution in [2.75, 3.05) is 0 Å². The van der Waals surface area contributed by atoms with Crippen molar-refractivity contribution >= 4 is 17.3 Å². The number of hydrogen-bond donors (Lipinski definition) is 0. The molecule has 2 aromatic rings. The van der Waals surface area contributed by atoms with Gasteiger partial charge in [0.1, 0.15) is 5.75 Å². The molecule has 1 aromatic heterocycles. The molecule has 92 valence electrons. The first-order valence-electron chi connectivity index (χ1n) is 4.98. The number of aryl methyl sites for hydroxylation is 1. The maximum atomic E-state index is 10.6. The maximum absolute atomic E-state index is 10.6. The van der Waals surface area contributed by atoms with E-state index in [0.29, 0.717) is 11.3 Å². The van der Waals surface area contributed by atoms with Crippen LogP contribution < -0.4 is 4.74 Å². The topological polar surface area (TPSA) is 78.2 Å². The van der Waals surface area contributed by atoms with E-state index in [0.717, 1.165) is 0 Å². The highest BCUT2D eigenvalue weighted by molar-refractivity contribution is 6.28. The number of benzene rings is 1. The minimum Gasteiger partial charge on any atom is -0.438 e. The summed E-state index contributed by atoms with van der Waals surface area (Å²) in [6, 6.07) is 5.83. The van der Waals surface area contributed by atoms with Crippen LogP contribution in [0.4, 0.5) is 5.69 Å². The summed E-state index contributed by atoms with van der Waals surface area (Å²) in [6.07, 6.45) is 1.52. The van der Waals surface area contributed by atoms with E-state index in [-0.39, 0.29) is 16.9 Å². The van der Waals surface area contributed by atoms with Gasteiger partial charge in [0.25, 0.3) is 5.69 Å². The molecule has 0 bridgehead atoms. The highest BCUT2D eigenvalue weighted by atomic mass is 35.5.